The molecule has 1 aromatic carbocycles. The second-order valence-corrected chi connectivity index (χ2v) is 6.06. The van der Waals surface area contributed by atoms with Gasteiger partial charge in [-0.2, -0.15) is 0 Å². The van der Waals surface area contributed by atoms with Gasteiger partial charge in [0.1, 0.15) is 0 Å². The van der Waals surface area contributed by atoms with Gasteiger partial charge < -0.3 is 19.7 Å². The van der Waals surface area contributed by atoms with Crippen molar-refractivity contribution in [3.05, 3.63) is 23.8 Å². The number of rotatable bonds is 7. The van der Waals surface area contributed by atoms with Gasteiger partial charge in [0.25, 0.3) is 0 Å². The zero-order valence-electron chi connectivity index (χ0n) is 13.7. The molecule has 4 nitrogen and oxygen atoms in total. The van der Waals surface area contributed by atoms with Gasteiger partial charge >= 0.3 is 0 Å². The van der Waals surface area contributed by atoms with Gasteiger partial charge in [-0.25, -0.2) is 0 Å². The van der Waals surface area contributed by atoms with Gasteiger partial charge in [0, 0.05) is 19.1 Å². The van der Waals surface area contributed by atoms with Crippen molar-refractivity contribution < 1.29 is 9.47 Å². The zero-order valence-corrected chi connectivity index (χ0v) is 13.7. The number of ether oxygens (including phenoxy) is 2. The normalized spacial score (nSPS) is 19.2. The first-order chi connectivity index (χ1) is 10.1. The van der Waals surface area contributed by atoms with Gasteiger partial charge in [0.2, 0.25) is 0 Å². The lowest BCUT2D eigenvalue weighted by Crippen LogP contribution is -2.35. The topological polar surface area (TPSA) is 33.7 Å². The number of hydrogen-bond donors (Lipinski definition) is 1. The zero-order chi connectivity index (χ0) is 15.2. The fraction of sp³-hybridized carbons (Fsp3) is 0.647. The number of methoxy groups -OCH3 is 1. The predicted octanol–water partition coefficient (Wildman–Crippen LogP) is 2.67. The second kappa shape index (κ2) is 7.66. The Morgan fingerprint density at radius 2 is 2.14 bits per heavy atom. The highest BCUT2D eigenvalue weighted by atomic mass is 16.5. The summed E-state index contributed by atoms with van der Waals surface area (Å²) in [6, 6.07) is 6.84. The van der Waals surface area contributed by atoms with E-state index >= 15 is 0 Å². The molecular formula is C17H28N2O2. The van der Waals surface area contributed by atoms with Crippen LogP contribution in [-0.4, -0.2) is 44.3 Å². The fourth-order valence-electron chi connectivity index (χ4n) is 2.79. The maximum Gasteiger partial charge on any atom is 0.161 e. The minimum Gasteiger partial charge on any atom is -0.493 e. The molecule has 4 heteroatoms. The van der Waals surface area contributed by atoms with E-state index in [2.05, 4.69) is 29.4 Å². The molecule has 1 N–H and O–H groups in total. The Morgan fingerprint density at radius 1 is 1.33 bits per heavy atom. The predicted molar refractivity (Wildman–Crippen MR) is 86.1 cm³/mol. The van der Waals surface area contributed by atoms with Gasteiger partial charge in [-0.15, -0.1) is 0 Å². The average Bonchev–Trinajstić information content (AvgIpc) is 2.85. The number of nitrogens with zero attached hydrogens (tertiary/aromatic N) is 1. The summed E-state index contributed by atoms with van der Waals surface area (Å²) in [6.07, 6.45) is 2.77. The maximum atomic E-state index is 5.74. The van der Waals surface area contributed by atoms with Crippen LogP contribution in [0.4, 0.5) is 0 Å². The van der Waals surface area contributed by atoms with E-state index in [-0.39, 0.29) is 6.10 Å². The Hall–Kier alpha value is -1.26. The van der Waals surface area contributed by atoms with E-state index in [1.54, 1.807) is 7.11 Å². The summed E-state index contributed by atoms with van der Waals surface area (Å²) in [6.45, 7) is 7.17. The first-order valence-corrected chi connectivity index (χ1v) is 7.84. The monoisotopic (exact) mass is 292 g/mol. The number of nitrogens with one attached hydrogen (secondary N) is 1. The van der Waals surface area contributed by atoms with Crippen LogP contribution in [0.2, 0.25) is 0 Å². The van der Waals surface area contributed by atoms with E-state index in [0.717, 1.165) is 24.6 Å². The van der Waals surface area contributed by atoms with Crippen molar-refractivity contribution in [2.45, 2.75) is 45.4 Å². The molecule has 118 valence electrons. The van der Waals surface area contributed by atoms with Gasteiger partial charge in [-0.1, -0.05) is 6.07 Å². The van der Waals surface area contributed by atoms with Crippen LogP contribution in [0.3, 0.4) is 0 Å². The third-order valence-corrected chi connectivity index (χ3v) is 3.97. The third kappa shape index (κ3) is 4.61. The number of likely N-dealkylation sites (N-methyl/N-ethyl adjacent to an activating group) is 1. The molecule has 21 heavy (non-hydrogen) atoms. The number of likely N-dealkylation sites (tertiary alicyclic amines) is 1. The molecule has 0 bridgehead atoms. The van der Waals surface area contributed by atoms with Gasteiger partial charge in [-0.05, 0) is 58.0 Å². The van der Waals surface area contributed by atoms with Crippen LogP contribution in [0.5, 0.6) is 11.5 Å². The van der Waals surface area contributed by atoms with E-state index in [0.29, 0.717) is 6.04 Å². The molecule has 1 aliphatic heterocycles. The van der Waals surface area contributed by atoms with E-state index < -0.39 is 0 Å². The van der Waals surface area contributed by atoms with Crippen LogP contribution in [-0.2, 0) is 6.54 Å². The van der Waals surface area contributed by atoms with E-state index in [1.165, 1.54) is 24.9 Å². The van der Waals surface area contributed by atoms with E-state index in [4.69, 9.17) is 9.47 Å². The molecule has 1 aliphatic rings. The summed E-state index contributed by atoms with van der Waals surface area (Å²) in [5, 5.41) is 3.55. The van der Waals surface area contributed by atoms with Crippen LogP contribution in [0, 0.1) is 0 Å². The molecule has 0 unspecified atom stereocenters. The van der Waals surface area contributed by atoms with Crippen molar-refractivity contribution in [2.75, 3.05) is 27.2 Å². The second-order valence-electron chi connectivity index (χ2n) is 6.06. The summed E-state index contributed by atoms with van der Waals surface area (Å²) >= 11 is 0. The van der Waals surface area contributed by atoms with Crippen LogP contribution in [0.1, 0.15) is 32.3 Å². The van der Waals surface area contributed by atoms with Crippen LogP contribution >= 0.6 is 0 Å². The van der Waals surface area contributed by atoms with Gasteiger partial charge in [-0.3, -0.25) is 0 Å². The minimum atomic E-state index is 0.153. The average molecular weight is 292 g/mol. The highest BCUT2D eigenvalue weighted by Gasteiger charge is 2.19. The summed E-state index contributed by atoms with van der Waals surface area (Å²) in [5.41, 5.74) is 1.23. The molecule has 0 aromatic heterocycles. The van der Waals surface area contributed by atoms with Crippen molar-refractivity contribution in [3.8, 4) is 11.5 Å². The van der Waals surface area contributed by atoms with Crippen molar-refractivity contribution in [1.29, 1.82) is 0 Å². The molecule has 1 heterocycles. The molecule has 0 aliphatic carbocycles. The maximum absolute atomic E-state index is 5.74. The smallest absolute Gasteiger partial charge is 0.161 e. The highest BCUT2D eigenvalue weighted by molar-refractivity contribution is 5.43. The lowest BCUT2D eigenvalue weighted by atomic mass is 10.2. The Morgan fingerprint density at radius 3 is 2.76 bits per heavy atom. The first kappa shape index (κ1) is 16.1. The molecule has 0 saturated carbocycles. The fourth-order valence-corrected chi connectivity index (χ4v) is 2.79. The molecular weight excluding hydrogens is 264 g/mol. The summed E-state index contributed by atoms with van der Waals surface area (Å²) in [4.78, 5) is 2.44. The molecule has 1 aromatic rings. The summed E-state index contributed by atoms with van der Waals surface area (Å²) < 4.78 is 11.2. The summed E-state index contributed by atoms with van der Waals surface area (Å²) in [7, 11) is 3.90. The molecule has 1 fully saturated rings. The molecule has 1 atom stereocenters. The van der Waals surface area contributed by atoms with Crippen molar-refractivity contribution in [2.24, 2.45) is 0 Å². The van der Waals surface area contributed by atoms with Gasteiger partial charge in [0.05, 0.1) is 13.2 Å². The Kier molecular flexibility index (Phi) is 5.88. The molecule has 0 radical (unpaired) electrons. The van der Waals surface area contributed by atoms with Crippen molar-refractivity contribution in [1.82, 2.24) is 10.2 Å². The Balaban J connectivity index is 1.88. The highest BCUT2D eigenvalue weighted by Crippen LogP contribution is 2.29. The largest absolute Gasteiger partial charge is 0.493 e. The Bertz CT molecular complexity index is 448. The number of hydrogen-bond acceptors (Lipinski definition) is 4. The van der Waals surface area contributed by atoms with Crippen molar-refractivity contribution >= 4 is 0 Å². The molecule has 1 saturated heterocycles. The van der Waals surface area contributed by atoms with Crippen LogP contribution in [0.25, 0.3) is 0 Å². The standard InChI is InChI=1S/C17H28N2O2/c1-13(2)21-16-8-7-14(10-17(16)20-4)11-18-12-15-6-5-9-19(15)3/h7-8,10,13,15,18H,5-6,9,11-12H2,1-4H3/t15-/m0/s1. The molecule has 0 amide bonds. The van der Waals surface area contributed by atoms with Crippen molar-refractivity contribution in [3.63, 3.8) is 0 Å². The van der Waals surface area contributed by atoms with Crippen LogP contribution < -0.4 is 14.8 Å². The first-order valence-electron chi connectivity index (χ1n) is 7.84. The lowest BCUT2D eigenvalue weighted by molar-refractivity contribution is 0.230. The SMILES string of the molecule is COc1cc(CNC[C@@H]2CCCN2C)ccc1OC(C)C. The van der Waals surface area contributed by atoms with Crippen LogP contribution in [0.15, 0.2) is 18.2 Å². The Labute approximate surface area is 128 Å². The molecule has 2 rings (SSSR count). The van der Waals surface area contributed by atoms with E-state index in [1.807, 2.05) is 19.9 Å². The molecule has 0 spiro atoms. The summed E-state index contributed by atoms with van der Waals surface area (Å²) in [5.74, 6) is 1.62. The van der Waals surface area contributed by atoms with Gasteiger partial charge in [0.15, 0.2) is 11.5 Å². The minimum absolute atomic E-state index is 0.153. The lowest BCUT2D eigenvalue weighted by Gasteiger charge is -2.20. The van der Waals surface area contributed by atoms with E-state index in [9.17, 15) is 0 Å². The third-order valence-electron chi connectivity index (χ3n) is 3.97. The quantitative estimate of drug-likeness (QED) is 0.838. The number of benzene rings is 1.